The quantitative estimate of drug-likeness (QED) is 0.668. The zero-order valence-corrected chi connectivity index (χ0v) is 7.90. The van der Waals surface area contributed by atoms with Crippen LogP contribution in [0.25, 0.3) is 0 Å². The Morgan fingerprint density at radius 2 is 2.23 bits per heavy atom. The van der Waals surface area contributed by atoms with Gasteiger partial charge in [-0.2, -0.15) is 5.10 Å². The lowest BCUT2D eigenvalue weighted by molar-refractivity contribution is 0.598. The van der Waals surface area contributed by atoms with Gasteiger partial charge < -0.3 is 4.90 Å². The van der Waals surface area contributed by atoms with Crippen LogP contribution in [0, 0.1) is 0 Å². The van der Waals surface area contributed by atoms with Gasteiger partial charge in [-0.3, -0.25) is 4.79 Å². The molecule has 0 radical (unpaired) electrons. The Morgan fingerprint density at radius 1 is 1.54 bits per heavy atom. The number of rotatable bonds is 2. The van der Waals surface area contributed by atoms with Crippen LogP contribution in [0.1, 0.15) is 18.9 Å². The molecule has 0 aliphatic heterocycles. The second kappa shape index (κ2) is 2.87. The van der Waals surface area contributed by atoms with Crippen LogP contribution in [0.2, 0.25) is 0 Å². The monoisotopic (exact) mass is 179 g/mol. The highest BCUT2D eigenvalue weighted by Gasteiger charge is 2.25. The van der Waals surface area contributed by atoms with Crippen molar-refractivity contribution in [1.82, 2.24) is 9.78 Å². The summed E-state index contributed by atoms with van der Waals surface area (Å²) in [6.45, 7) is 0. The van der Waals surface area contributed by atoms with Crippen LogP contribution in [0.3, 0.4) is 0 Å². The van der Waals surface area contributed by atoms with Gasteiger partial charge in [0.2, 0.25) is 0 Å². The first-order valence-corrected chi connectivity index (χ1v) is 4.44. The molecular formula is C9H13N3O. The highest BCUT2D eigenvalue weighted by Crippen LogP contribution is 2.32. The molecule has 0 spiro atoms. The third-order valence-electron chi connectivity index (χ3n) is 2.22. The summed E-state index contributed by atoms with van der Waals surface area (Å²) in [4.78, 5) is 13.4. The van der Waals surface area contributed by atoms with E-state index in [2.05, 4.69) is 5.10 Å². The lowest BCUT2D eigenvalue weighted by Gasteiger charge is -2.11. The molecule has 1 aliphatic carbocycles. The fourth-order valence-electron chi connectivity index (χ4n) is 1.25. The number of anilines is 1. The summed E-state index contributed by atoms with van der Waals surface area (Å²) >= 11 is 0. The van der Waals surface area contributed by atoms with E-state index >= 15 is 0 Å². The molecular weight excluding hydrogens is 166 g/mol. The first-order chi connectivity index (χ1) is 6.18. The SMILES string of the molecule is CN(C)c1cnn(C2CC2)c(=O)c1. The molecule has 0 amide bonds. The molecule has 13 heavy (non-hydrogen) atoms. The average Bonchev–Trinajstić information content (AvgIpc) is 2.87. The number of aromatic nitrogens is 2. The highest BCUT2D eigenvalue weighted by atomic mass is 16.1. The molecule has 1 fully saturated rings. The Balaban J connectivity index is 2.37. The van der Waals surface area contributed by atoms with Gasteiger partial charge in [0.15, 0.2) is 0 Å². The Kier molecular flexibility index (Phi) is 1.83. The maximum absolute atomic E-state index is 11.5. The standard InChI is InChI=1S/C9H13N3O/c1-11(2)8-5-9(13)12(10-6-8)7-3-4-7/h5-7H,3-4H2,1-2H3. The van der Waals surface area contributed by atoms with Crippen molar-refractivity contribution in [2.45, 2.75) is 18.9 Å². The predicted molar refractivity (Wildman–Crippen MR) is 51.1 cm³/mol. The maximum atomic E-state index is 11.5. The molecule has 0 unspecified atom stereocenters. The van der Waals surface area contributed by atoms with Crippen molar-refractivity contribution in [3.05, 3.63) is 22.6 Å². The first-order valence-electron chi connectivity index (χ1n) is 4.44. The summed E-state index contributed by atoms with van der Waals surface area (Å²) < 4.78 is 1.58. The molecule has 1 heterocycles. The van der Waals surface area contributed by atoms with Crippen LogP contribution in [0.15, 0.2) is 17.1 Å². The van der Waals surface area contributed by atoms with Crippen LogP contribution >= 0.6 is 0 Å². The van der Waals surface area contributed by atoms with Crippen molar-refractivity contribution in [2.24, 2.45) is 0 Å². The fraction of sp³-hybridized carbons (Fsp3) is 0.556. The number of nitrogens with zero attached hydrogens (tertiary/aromatic N) is 3. The average molecular weight is 179 g/mol. The number of hydrogen-bond acceptors (Lipinski definition) is 3. The summed E-state index contributed by atoms with van der Waals surface area (Å²) in [6, 6.07) is 1.99. The summed E-state index contributed by atoms with van der Waals surface area (Å²) in [5, 5.41) is 4.12. The lowest BCUT2D eigenvalue weighted by atomic mass is 10.4. The molecule has 1 saturated carbocycles. The van der Waals surface area contributed by atoms with Crippen molar-refractivity contribution in [3.8, 4) is 0 Å². The molecule has 4 nitrogen and oxygen atoms in total. The van der Waals surface area contributed by atoms with Gasteiger partial charge >= 0.3 is 0 Å². The molecule has 0 aromatic carbocycles. The minimum absolute atomic E-state index is 0.00806. The van der Waals surface area contributed by atoms with Crippen molar-refractivity contribution in [2.75, 3.05) is 19.0 Å². The second-order valence-electron chi connectivity index (χ2n) is 3.62. The summed E-state index contributed by atoms with van der Waals surface area (Å²) in [6.07, 6.45) is 3.92. The largest absolute Gasteiger partial charge is 0.376 e. The maximum Gasteiger partial charge on any atom is 0.269 e. The van der Waals surface area contributed by atoms with Crippen molar-refractivity contribution in [3.63, 3.8) is 0 Å². The molecule has 70 valence electrons. The molecule has 0 atom stereocenters. The van der Waals surface area contributed by atoms with Crippen molar-refractivity contribution in [1.29, 1.82) is 0 Å². The third kappa shape index (κ3) is 1.56. The van der Waals surface area contributed by atoms with Gasteiger partial charge in [-0.15, -0.1) is 0 Å². The second-order valence-corrected chi connectivity index (χ2v) is 3.62. The first kappa shape index (κ1) is 8.29. The van der Waals surface area contributed by atoms with Crippen LogP contribution in [0.5, 0.6) is 0 Å². The minimum Gasteiger partial charge on any atom is -0.376 e. The molecule has 1 aromatic heterocycles. The summed E-state index contributed by atoms with van der Waals surface area (Å²) in [5.74, 6) is 0. The van der Waals surface area contributed by atoms with Gasteiger partial charge in [0.25, 0.3) is 5.56 Å². The van der Waals surface area contributed by atoms with E-state index in [1.807, 2.05) is 19.0 Å². The Bertz CT molecular complexity index is 365. The van der Waals surface area contributed by atoms with Gasteiger partial charge in [-0.25, -0.2) is 4.68 Å². The zero-order valence-electron chi connectivity index (χ0n) is 7.90. The Labute approximate surface area is 76.8 Å². The van der Waals surface area contributed by atoms with E-state index in [1.54, 1.807) is 16.9 Å². The van der Waals surface area contributed by atoms with Crippen molar-refractivity contribution < 1.29 is 0 Å². The van der Waals surface area contributed by atoms with E-state index in [9.17, 15) is 4.79 Å². The Hall–Kier alpha value is -1.32. The van der Waals surface area contributed by atoms with Crippen LogP contribution in [-0.4, -0.2) is 23.9 Å². The zero-order chi connectivity index (χ0) is 9.42. The minimum atomic E-state index is 0.00806. The van der Waals surface area contributed by atoms with Gasteiger partial charge in [-0.05, 0) is 12.8 Å². The van der Waals surface area contributed by atoms with Crippen LogP contribution < -0.4 is 10.5 Å². The smallest absolute Gasteiger partial charge is 0.269 e. The van der Waals surface area contributed by atoms with Gasteiger partial charge in [0.05, 0.1) is 17.9 Å². The molecule has 0 N–H and O–H groups in total. The highest BCUT2D eigenvalue weighted by molar-refractivity contribution is 5.40. The molecule has 0 bridgehead atoms. The van der Waals surface area contributed by atoms with Gasteiger partial charge in [0, 0.05) is 20.2 Å². The van der Waals surface area contributed by atoms with E-state index < -0.39 is 0 Å². The van der Waals surface area contributed by atoms with Gasteiger partial charge in [0.1, 0.15) is 0 Å². The molecule has 1 aromatic rings. The van der Waals surface area contributed by atoms with E-state index in [-0.39, 0.29) is 5.56 Å². The molecule has 4 heteroatoms. The number of hydrogen-bond donors (Lipinski definition) is 0. The third-order valence-corrected chi connectivity index (χ3v) is 2.22. The molecule has 0 saturated heterocycles. The Morgan fingerprint density at radius 3 is 2.69 bits per heavy atom. The van der Waals surface area contributed by atoms with Crippen LogP contribution in [0.4, 0.5) is 5.69 Å². The van der Waals surface area contributed by atoms with E-state index in [4.69, 9.17) is 0 Å². The lowest BCUT2D eigenvalue weighted by Crippen LogP contribution is -2.23. The van der Waals surface area contributed by atoms with Crippen LogP contribution in [-0.2, 0) is 0 Å². The van der Waals surface area contributed by atoms with E-state index in [1.165, 1.54) is 0 Å². The topological polar surface area (TPSA) is 38.1 Å². The molecule has 1 aliphatic rings. The molecule has 2 rings (SSSR count). The van der Waals surface area contributed by atoms with Crippen molar-refractivity contribution >= 4 is 5.69 Å². The summed E-state index contributed by atoms with van der Waals surface area (Å²) in [5.41, 5.74) is 0.871. The predicted octanol–water partition coefficient (Wildman–Crippen LogP) is 0.644. The summed E-state index contributed by atoms with van der Waals surface area (Å²) in [7, 11) is 3.80. The fourth-order valence-corrected chi connectivity index (χ4v) is 1.25. The van der Waals surface area contributed by atoms with E-state index in [0.717, 1.165) is 18.5 Å². The van der Waals surface area contributed by atoms with E-state index in [0.29, 0.717) is 6.04 Å². The normalized spacial score (nSPS) is 15.8. The van der Waals surface area contributed by atoms with Gasteiger partial charge in [-0.1, -0.05) is 0 Å².